The number of rotatable bonds is 10. The van der Waals surface area contributed by atoms with E-state index in [9.17, 15) is 22.0 Å². The lowest BCUT2D eigenvalue weighted by atomic mass is 9.93. The maximum absolute atomic E-state index is 15.6. The number of anilines is 1. The average molecular weight is 854 g/mol. The van der Waals surface area contributed by atoms with Gasteiger partial charge in [0.05, 0.1) is 40.5 Å². The zero-order valence-corrected chi connectivity index (χ0v) is 34.2. The molecule has 1 amide bonds. The van der Waals surface area contributed by atoms with E-state index in [2.05, 4.69) is 42.4 Å². The minimum absolute atomic E-state index is 0.0331. The number of aromatic nitrogens is 5. The molecule has 0 spiro atoms. The maximum Gasteiger partial charge on any atom is 0.292 e. The normalized spacial score (nSPS) is 19.4. The molecule has 2 aliphatic rings. The number of hydrogen-bond acceptors (Lipinski definition) is 9. The Morgan fingerprint density at radius 2 is 1.90 bits per heavy atom. The number of carbonyl (C=O) groups is 1. The topological polar surface area (TPSA) is 157 Å². The number of amides is 1. The lowest BCUT2D eigenvalue weighted by molar-refractivity contribution is -0.123. The Kier molecular flexibility index (Phi) is 11.3. The van der Waals surface area contributed by atoms with Crippen LogP contribution in [-0.4, -0.2) is 83.7 Å². The molecule has 3 aromatic heterocycles. The van der Waals surface area contributed by atoms with Crippen molar-refractivity contribution in [1.82, 2.24) is 35.2 Å². The highest BCUT2D eigenvalue weighted by Crippen LogP contribution is 2.47. The van der Waals surface area contributed by atoms with Crippen molar-refractivity contribution in [3.05, 3.63) is 93.0 Å². The zero-order chi connectivity index (χ0) is 42.4. The molecule has 3 atom stereocenters. The number of nitrogens with one attached hydrogen (secondary N) is 3. The number of benzene rings is 2. The standard InChI is InChI=1S/C40H40ClF4N9O4S/c1-22-14-29-32(19-46-3)50-54(37(29)40(22,44)45)20-33(55)49-31(17-23-15-24(42)18-25(43)16-23)35-27(7-6-26(48-35)10-11-39(2)21-47-12-13-58-39)28-8-9-30(41)34-36(28)53(4)51-38(34)52-59(5,56)57/h6-9,15-16,18-19,22,31,47H,12-14,17,20-21H2,1-5H3,(H,49,55)(H,51,52)/t22-,31+,39-/m1/s1. The number of sulfonamides is 1. The molecule has 5 aromatic rings. The summed E-state index contributed by atoms with van der Waals surface area (Å²) in [5.41, 5.74) is 1.07. The highest BCUT2D eigenvalue weighted by atomic mass is 35.5. The van der Waals surface area contributed by atoms with Crippen LogP contribution in [0.2, 0.25) is 5.02 Å². The molecule has 310 valence electrons. The molecule has 0 radical (unpaired) electrons. The first-order valence-electron chi connectivity index (χ1n) is 18.5. The number of halogens is 5. The van der Waals surface area contributed by atoms with Gasteiger partial charge in [-0.1, -0.05) is 30.5 Å². The van der Waals surface area contributed by atoms with Gasteiger partial charge in [-0.2, -0.15) is 19.0 Å². The van der Waals surface area contributed by atoms with Crippen molar-refractivity contribution < 1.29 is 35.5 Å². The third-order valence-electron chi connectivity index (χ3n) is 10.2. The van der Waals surface area contributed by atoms with E-state index in [1.807, 2.05) is 6.92 Å². The fraction of sp³-hybridized carbons (Fsp3) is 0.375. The van der Waals surface area contributed by atoms with Crippen molar-refractivity contribution in [2.45, 2.75) is 50.8 Å². The smallest absolute Gasteiger partial charge is 0.292 e. The van der Waals surface area contributed by atoms with E-state index in [4.69, 9.17) is 21.3 Å². The number of morpholine rings is 1. The summed E-state index contributed by atoms with van der Waals surface area (Å²) in [6.45, 7) is 4.15. The van der Waals surface area contributed by atoms with Crippen LogP contribution >= 0.6 is 11.6 Å². The summed E-state index contributed by atoms with van der Waals surface area (Å²) in [6, 6.07) is 8.32. The predicted molar refractivity (Wildman–Crippen MR) is 215 cm³/mol. The molecule has 0 saturated carbocycles. The summed E-state index contributed by atoms with van der Waals surface area (Å²) in [5.74, 6) is -0.659. The van der Waals surface area contributed by atoms with E-state index >= 15 is 8.78 Å². The number of pyridine rings is 1. The quantitative estimate of drug-likeness (QED) is 0.0972. The molecule has 0 unspecified atom stereocenters. The van der Waals surface area contributed by atoms with Crippen LogP contribution in [0.25, 0.3) is 22.0 Å². The lowest BCUT2D eigenvalue weighted by Gasteiger charge is -2.29. The van der Waals surface area contributed by atoms with Gasteiger partial charge in [0.25, 0.3) is 5.92 Å². The van der Waals surface area contributed by atoms with E-state index in [-0.39, 0.29) is 57.4 Å². The Labute approximate surface area is 342 Å². The van der Waals surface area contributed by atoms with E-state index in [0.717, 1.165) is 23.1 Å². The SMILES string of the molecule is CN=Cc1nn(CC(=O)N[C@@H](Cc2cc(F)cc(F)c2)c2nc(C#C[C@]3(C)CNCCO3)ccc2-c2ccc(Cl)c3c(NS(C)(=O)=O)nn(C)c23)c2c1C[C@@H](C)C2(F)F. The molecule has 3 N–H and O–H groups in total. The molecule has 1 aliphatic carbocycles. The van der Waals surface area contributed by atoms with Gasteiger partial charge in [0.2, 0.25) is 15.9 Å². The highest BCUT2D eigenvalue weighted by Gasteiger charge is 2.50. The van der Waals surface area contributed by atoms with Crippen molar-refractivity contribution in [1.29, 1.82) is 0 Å². The second-order valence-corrected chi connectivity index (χ2v) is 17.0. The van der Waals surface area contributed by atoms with Crippen molar-refractivity contribution in [2.24, 2.45) is 18.0 Å². The number of alkyl halides is 2. The second-order valence-electron chi connectivity index (χ2n) is 14.9. The molecular weight excluding hydrogens is 814 g/mol. The van der Waals surface area contributed by atoms with Gasteiger partial charge in [0.1, 0.15) is 40.9 Å². The van der Waals surface area contributed by atoms with Crippen molar-refractivity contribution in [2.75, 3.05) is 37.7 Å². The third-order valence-corrected chi connectivity index (χ3v) is 11.0. The molecule has 1 aliphatic heterocycles. The Hall–Kier alpha value is -5.35. The van der Waals surface area contributed by atoms with Gasteiger partial charge in [-0.15, -0.1) is 0 Å². The molecule has 1 saturated heterocycles. The first kappa shape index (κ1) is 41.8. The van der Waals surface area contributed by atoms with Crippen LogP contribution in [0.5, 0.6) is 0 Å². The molecule has 19 heteroatoms. The van der Waals surface area contributed by atoms with Crippen LogP contribution < -0.4 is 15.4 Å². The molecule has 7 rings (SSSR count). The number of ether oxygens (including phenoxy) is 1. The summed E-state index contributed by atoms with van der Waals surface area (Å²) in [7, 11) is -0.715. The zero-order valence-electron chi connectivity index (χ0n) is 32.6. The number of hydrogen-bond donors (Lipinski definition) is 3. The van der Waals surface area contributed by atoms with Gasteiger partial charge >= 0.3 is 0 Å². The number of aryl methyl sites for hydroxylation is 1. The molecule has 0 bridgehead atoms. The Morgan fingerprint density at radius 1 is 1.17 bits per heavy atom. The molecule has 4 heterocycles. The molecule has 13 nitrogen and oxygen atoms in total. The number of carbonyl (C=O) groups excluding carboxylic acids is 1. The fourth-order valence-corrected chi connectivity index (χ4v) is 8.28. The summed E-state index contributed by atoms with van der Waals surface area (Å²) in [5, 5.41) is 15.3. The average Bonchev–Trinajstić information content (AvgIpc) is 3.74. The second kappa shape index (κ2) is 16.0. The van der Waals surface area contributed by atoms with Crippen LogP contribution in [0.15, 0.2) is 47.5 Å². The van der Waals surface area contributed by atoms with E-state index in [0.29, 0.717) is 48.0 Å². The largest absolute Gasteiger partial charge is 0.360 e. The van der Waals surface area contributed by atoms with E-state index < -0.39 is 57.6 Å². The summed E-state index contributed by atoms with van der Waals surface area (Å²) in [6.07, 6.45) is 2.15. The van der Waals surface area contributed by atoms with Gasteiger partial charge in [0.15, 0.2) is 5.82 Å². The fourth-order valence-electron chi connectivity index (χ4n) is 7.54. The van der Waals surface area contributed by atoms with E-state index in [1.54, 1.807) is 31.3 Å². The van der Waals surface area contributed by atoms with Gasteiger partial charge < -0.3 is 15.4 Å². The third kappa shape index (κ3) is 8.69. The molecule has 1 fully saturated rings. The van der Waals surface area contributed by atoms with Crippen LogP contribution in [0.1, 0.15) is 53.8 Å². The number of aliphatic imine (C=N–C) groups is 1. The lowest BCUT2D eigenvalue weighted by Crippen LogP contribution is -2.46. The minimum Gasteiger partial charge on any atom is -0.360 e. The Morgan fingerprint density at radius 3 is 2.58 bits per heavy atom. The molecular formula is C40H40ClF4N9O4S. The first-order valence-corrected chi connectivity index (χ1v) is 20.8. The maximum atomic E-state index is 15.6. The number of nitrogens with zero attached hydrogens (tertiary/aromatic N) is 6. The Bertz CT molecular complexity index is 2660. The van der Waals surface area contributed by atoms with Crippen LogP contribution in [0.3, 0.4) is 0 Å². The molecule has 2 aromatic carbocycles. The van der Waals surface area contributed by atoms with Crippen LogP contribution in [-0.2, 0) is 51.9 Å². The van der Waals surface area contributed by atoms with Crippen molar-refractivity contribution >= 4 is 50.5 Å². The van der Waals surface area contributed by atoms with Gasteiger partial charge in [-0.25, -0.2) is 22.2 Å². The molecule has 59 heavy (non-hydrogen) atoms. The summed E-state index contributed by atoms with van der Waals surface area (Å²) in [4.78, 5) is 23.0. The first-order chi connectivity index (χ1) is 27.9. The Balaban J connectivity index is 1.39. The minimum atomic E-state index is -3.79. The monoisotopic (exact) mass is 853 g/mol. The van der Waals surface area contributed by atoms with Crippen LogP contribution in [0.4, 0.5) is 23.4 Å². The predicted octanol–water partition coefficient (Wildman–Crippen LogP) is 5.30. The summed E-state index contributed by atoms with van der Waals surface area (Å²) < 4.78 is 95.9. The van der Waals surface area contributed by atoms with Crippen molar-refractivity contribution in [3.8, 4) is 23.0 Å². The van der Waals surface area contributed by atoms with Gasteiger partial charge in [-0.05, 0) is 61.6 Å². The van der Waals surface area contributed by atoms with Gasteiger partial charge in [0, 0.05) is 62.1 Å². The highest BCUT2D eigenvalue weighted by molar-refractivity contribution is 7.92. The van der Waals surface area contributed by atoms with Crippen molar-refractivity contribution in [3.63, 3.8) is 0 Å². The van der Waals surface area contributed by atoms with E-state index in [1.165, 1.54) is 24.9 Å². The number of fused-ring (bicyclic) bond motifs is 2. The summed E-state index contributed by atoms with van der Waals surface area (Å²) >= 11 is 6.66. The van der Waals surface area contributed by atoms with Crippen LogP contribution in [0, 0.1) is 29.4 Å². The van der Waals surface area contributed by atoms with Gasteiger partial charge in [-0.3, -0.25) is 23.9 Å².